The van der Waals surface area contributed by atoms with Gasteiger partial charge in [-0.25, -0.2) is 4.98 Å². The van der Waals surface area contributed by atoms with Crippen LogP contribution in [0.3, 0.4) is 0 Å². The first-order valence-corrected chi connectivity index (χ1v) is 9.23. The van der Waals surface area contributed by atoms with Crippen molar-refractivity contribution in [1.29, 1.82) is 0 Å². The molecule has 0 spiro atoms. The van der Waals surface area contributed by atoms with Gasteiger partial charge in [-0.3, -0.25) is 4.99 Å². The molecule has 1 aromatic heterocycles. The van der Waals surface area contributed by atoms with E-state index in [0.29, 0.717) is 19.0 Å². The number of aliphatic imine (C=N–C) groups is 1. The summed E-state index contributed by atoms with van der Waals surface area (Å²) in [7, 11) is 3.08. The van der Waals surface area contributed by atoms with Crippen LogP contribution in [0.5, 0.6) is 11.5 Å². The molecule has 0 fully saturated rings. The SMILES string of the molecule is CN=C(NCCc1nc(C)c(C)s1)NCc1ccc(OC)c(OC(F)F)c1.I. The number of nitrogens with one attached hydrogen (secondary N) is 2. The predicted octanol–water partition coefficient (Wildman–Crippen LogP) is 3.90. The Bertz CT molecular complexity index is 767. The van der Waals surface area contributed by atoms with Gasteiger partial charge in [-0.15, -0.1) is 35.3 Å². The molecular formula is C18H25F2IN4O2S. The molecule has 0 aliphatic rings. The van der Waals surface area contributed by atoms with Crippen LogP contribution < -0.4 is 20.1 Å². The average molecular weight is 526 g/mol. The zero-order valence-electron chi connectivity index (χ0n) is 16.2. The first-order chi connectivity index (χ1) is 12.9. The van der Waals surface area contributed by atoms with Gasteiger partial charge in [-0.05, 0) is 31.5 Å². The minimum atomic E-state index is -2.91. The Labute approximate surface area is 184 Å². The molecule has 10 heteroatoms. The lowest BCUT2D eigenvalue weighted by molar-refractivity contribution is -0.0512. The molecule has 0 bridgehead atoms. The fraction of sp³-hybridized carbons (Fsp3) is 0.444. The molecule has 1 heterocycles. The van der Waals surface area contributed by atoms with E-state index in [2.05, 4.69) is 32.3 Å². The van der Waals surface area contributed by atoms with Gasteiger partial charge in [0.25, 0.3) is 0 Å². The van der Waals surface area contributed by atoms with Gasteiger partial charge >= 0.3 is 6.61 Å². The molecule has 0 amide bonds. The monoisotopic (exact) mass is 526 g/mol. The van der Waals surface area contributed by atoms with E-state index >= 15 is 0 Å². The van der Waals surface area contributed by atoms with Crippen LogP contribution in [0.4, 0.5) is 8.78 Å². The second kappa shape index (κ2) is 12.0. The summed E-state index contributed by atoms with van der Waals surface area (Å²) in [4.78, 5) is 9.90. The fourth-order valence-corrected chi connectivity index (χ4v) is 3.29. The van der Waals surface area contributed by atoms with Gasteiger partial charge in [0.15, 0.2) is 17.5 Å². The van der Waals surface area contributed by atoms with Crippen molar-refractivity contribution >= 4 is 41.3 Å². The van der Waals surface area contributed by atoms with Crippen LogP contribution in [0.25, 0.3) is 0 Å². The summed E-state index contributed by atoms with van der Waals surface area (Å²) in [5, 5.41) is 7.44. The number of guanidine groups is 1. The molecule has 2 rings (SSSR count). The normalized spacial score (nSPS) is 11.2. The lowest BCUT2D eigenvalue weighted by atomic mass is 10.2. The zero-order chi connectivity index (χ0) is 19.8. The van der Waals surface area contributed by atoms with Gasteiger partial charge < -0.3 is 20.1 Å². The number of nitrogens with zero attached hydrogens (tertiary/aromatic N) is 2. The van der Waals surface area contributed by atoms with E-state index in [-0.39, 0.29) is 35.5 Å². The van der Waals surface area contributed by atoms with Crippen molar-refractivity contribution in [1.82, 2.24) is 15.6 Å². The predicted molar refractivity (Wildman–Crippen MR) is 119 cm³/mol. The third-order valence-electron chi connectivity index (χ3n) is 3.83. The minimum absolute atomic E-state index is 0. The summed E-state index contributed by atoms with van der Waals surface area (Å²) in [5.41, 5.74) is 1.83. The number of aromatic nitrogens is 1. The number of halogens is 3. The molecule has 0 aliphatic heterocycles. The number of hydrogen-bond donors (Lipinski definition) is 2. The third-order valence-corrected chi connectivity index (χ3v) is 4.96. The Hall–Kier alpha value is -1.69. The summed E-state index contributed by atoms with van der Waals surface area (Å²) in [6, 6.07) is 4.89. The van der Waals surface area contributed by atoms with Crippen LogP contribution in [-0.2, 0) is 13.0 Å². The van der Waals surface area contributed by atoms with Crippen LogP contribution in [0.1, 0.15) is 21.1 Å². The van der Waals surface area contributed by atoms with Crippen molar-refractivity contribution < 1.29 is 18.3 Å². The number of thiazole rings is 1. The molecule has 156 valence electrons. The van der Waals surface area contributed by atoms with Crippen molar-refractivity contribution in [2.75, 3.05) is 20.7 Å². The van der Waals surface area contributed by atoms with Gasteiger partial charge in [0, 0.05) is 31.4 Å². The van der Waals surface area contributed by atoms with Crippen LogP contribution in [0.2, 0.25) is 0 Å². The van der Waals surface area contributed by atoms with E-state index < -0.39 is 6.61 Å². The lowest BCUT2D eigenvalue weighted by Gasteiger charge is -2.14. The van der Waals surface area contributed by atoms with E-state index in [0.717, 1.165) is 22.7 Å². The molecule has 0 saturated heterocycles. The highest BCUT2D eigenvalue weighted by Gasteiger charge is 2.11. The molecule has 2 N–H and O–H groups in total. The maximum atomic E-state index is 12.5. The zero-order valence-corrected chi connectivity index (χ0v) is 19.4. The maximum absolute atomic E-state index is 12.5. The van der Waals surface area contributed by atoms with Crippen molar-refractivity contribution in [3.63, 3.8) is 0 Å². The van der Waals surface area contributed by atoms with Crippen LogP contribution in [-0.4, -0.2) is 38.3 Å². The number of aryl methyl sites for hydroxylation is 2. The van der Waals surface area contributed by atoms with Crippen LogP contribution in [0, 0.1) is 13.8 Å². The molecule has 0 radical (unpaired) electrons. The Morgan fingerprint density at radius 2 is 2.00 bits per heavy atom. The Kier molecular flexibility index (Phi) is 10.4. The van der Waals surface area contributed by atoms with Crippen LogP contribution in [0.15, 0.2) is 23.2 Å². The summed E-state index contributed by atoms with van der Waals surface area (Å²) >= 11 is 1.70. The Balaban J connectivity index is 0.00000392. The van der Waals surface area contributed by atoms with Crippen molar-refractivity contribution in [2.24, 2.45) is 4.99 Å². The third kappa shape index (κ3) is 7.38. The van der Waals surface area contributed by atoms with E-state index in [1.54, 1.807) is 30.5 Å². The molecule has 0 aliphatic carbocycles. The number of rotatable bonds is 8. The molecule has 6 nitrogen and oxygen atoms in total. The highest BCUT2D eigenvalue weighted by Crippen LogP contribution is 2.29. The first-order valence-electron chi connectivity index (χ1n) is 8.42. The number of ether oxygens (including phenoxy) is 2. The quantitative estimate of drug-likeness (QED) is 0.311. The van der Waals surface area contributed by atoms with Crippen molar-refractivity contribution in [3.8, 4) is 11.5 Å². The lowest BCUT2D eigenvalue weighted by Crippen LogP contribution is -2.37. The number of methoxy groups -OCH3 is 1. The summed E-state index contributed by atoms with van der Waals surface area (Å²) in [5.74, 6) is 0.881. The van der Waals surface area contributed by atoms with Crippen molar-refractivity contribution in [2.45, 2.75) is 33.4 Å². The molecule has 0 atom stereocenters. The smallest absolute Gasteiger partial charge is 0.387 e. The molecular weight excluding hydrogens is 501 g/mol. The topological polar surface area (TPSA) is 67.8 Å². The highest BCUT2D eigenvalue weighted by atomic mass is 127. The number of benzene rings is 1. The first kappa shape index (κ1) is 24.3. The summed E-state index contributed by atoms with van der Waals surface area (Å²) < 4.78 is 34.6. The Morgan fingerprint density at radius 3 is 2.57 bits per heavy atom. The molecule has 0 unspecified atom stereocenters. The van der Waals surface area contributed by atoms with Crippen molar-refractivity contribution in [3.05, 3.63) is 39.3 Å². The number of alkyl halides is 2. The van der Waals surface area contributed by atoms with Gasteiger partial charge in [0.2, 0.25) is 0 Å². The standard InChI is InChI=1S/C18H24F2N4O2S.HI/c1-11-12(2)27-16(24-11)7-8-22-18(21-3)23-10-13-5-6-14(25-4)15(9-13)26-17(19)20;/h5-6,9,17H,7-8,10H2,1-4H3,(H2,21,22,23);1H. The fourth-order valence-electron chi connectivity index (χ4n) is 2.36. The maximum Gasteiger partial charge on any atom is 0.387 e. The van der Waals surface area contributed by atoms with Gasteiger partial charge in [0.1, 0.15) is 0 Å². The average Bonchev–Trinajstić information content (AvgIpc) is 2.95. The van der Waals surface area contributed by atoms with Gasteiger partial charge in [0.05, 0.1) is 17.8 Å². The largest absolute Gasteiger partial charge is 0.493 e. The molecule has 28 heavy (non-hydrogen) atoms. The second-order valence-electron chi connectivity index (χ2n) is 5.72. The van der Waals surface area contributed by atoms with Gasteiger partial charge in [-0.2, -0.15) is 8.78 Å². The number of hydrogen-bond acceptors (Lipinski definition) is 5. The minimum Gasteiger partial charge on any atom is -0.493 e. The summed E-state index contributed by atoms with van der Waals surface area (Å²) in [6.07, 6.45) is 0.801. The van der Waals surface area contributed by atoms with E-state index in [1.165, 1.54) is 18.1 Å². The highest BCUT2D eigenvalue weighted by molar-refractivity contribution is 14.0. The second-order valence-corrected chi connectivity index (χ2v) is 7.00. The molecule has 0 saturated carbocycles. The van der Waals surface area contributed by atoms with E-state index in [1.807, 2.05) is 6.92 Å². The summed E-state index contributed by atoms with van der Waals surface area (Å²) in [6.45, 7) is 2.25. The van der Waals surface area contributed by atoms with Crippen LogP contribution >= 0.6 is 35.3 Å². The van der Waals surface area contributed by atoms with Gasteiger partial charge in [-0.1, -0.05) is 6.07 Å². The molecule has 1 aromatic carbocycles. The van der Waals surface area contributed by atoms with E-state index in [9.17, 15) is 8.78 Å². The molecule has 2 aromatic rings. The Morgan fingerprint density at radius 1 is 1.25 bits per heavy atom. The van der Waals surface area contributed by atoms with E-state index in [4.69, 9.17) is 4.74 Å².